The van der Waals surface area contributed by atoms with Crippen LogP contribution < -0.4 is 5.32 Å². The lowest BCUT2D eigenvalue weighted by atomic mass is 10.3. The molecule has 0 atom stereocenters. The summed E-state index contributed by atoms with van der Waals surface area (Å²) in [4.78, 5) is 21.0. The molecular weight excluding hydrogens is 226 g/mol. The van der Waals surface area contributed by atoms with E-state index < -0.39 is 27.7 Å². The van der Waals surface area contributed by atoms with E-state index in [0.717, 1.165) is 0 Å². The highest BCUT2D eigenvalue weighted by atomic mass is 32.2. The van der Waals surface area contributed by atoms with Gasteiger partial charge in [0, 0.05) is 13.0 Å². The number of carboxylic acids is 1. The number of hydrogen-bond donors (Lipinski definition) is 3. The van der Waals surface area contributed by atoms with Gasteiger partial charge in [-0.2, -0.15) is 8.42 Å². The number of rotatable bonds is 7. The second kappa shape index (κ2) is 6.36. The molecule has 0 fully saturated rings. The van der Waals surface area contributed by atoms with Gasteiger partial charge in [-0.25, -0.2) is 0 Å². The van der Waals surface area contributed by atoms with Gasteiger partial charge in [0.15, 0.2) is 0 Å². The fraction of sp³-hybridized carbons (Fsp3) is 0.714. The lowest BCUT2D eigenvalue weighted by Gasteiger charge is -2.02. The van der Waals surface area contributed by atoms with Crippen LogP contribution in [0.5, 0.6) is 0 Å². The van der Waals surface area contributed by atoms with Crippen LogP contribution in [0.15, 0.2) is 0 Å². The minimum absolute atomic E-state index is 0.0116. The Morgan fingerprint density at radius 2 is 1.80 bits per heavy atom. The third-order valence-corrected chi connectivity index (χ3v) is 2.27. The Bertz CT molecular complexity index is 322. The van der Waals surface area contributed by atoms with Crippen LogP contribution in [0.2, 0.25) is 0 Å². The smallest absolute Gasteiger partial charge is 0.305 e. The van der Waals surface area contributed by atoms with E-state index in [1.165, 1.54) is 0 Å². The molecule has 0 heterocycles. The van der Waals surface area contributed by atoms with Crippen LogP contribution in [0, 0.1) is 0 Å². The van der Waals surface area contributed by atoms with Gasteiger partial charge in [-0.05, 0) is 6.42 Å². The first kappa shape index (κ1) is 13.8. The number of nitrogens with one attached hydrogen (secondary N) is 1. The molecule has 0 saturated heterocycles. The Kier molecular flexibility index (Phi) is 5.87. The maximum absolute atomic E-state index is 10.9. The van der Waals surface area contributed by atoms with Crippen molar-refractivity contribution in [2.45, 2.75) is 19.3 Å². The number of amides is 1. The van der Waals surface area contributed by atoms with Crippen LogP contribution >= 0.6 is 0 Å². The Morgan fingerprint density at radius 3 is 2.27 bits per heavy atom. The van der Waals surface area contributed by atoms with Crippen molar-refractivity contribution in [3.05, 3.63) is 0 Å². The van der Waals surface area contributed by atoms with E-state index in [-0.39, 0.29) is 25.8 Å². The van der Waals surface area contributed by atoms with Crippen molar-refractivity contribution in [1.29, 1.82) is 0 Å². The lowest BCUT2D eigenvalue weighted by Crippen LogP contribution is -2.26. The molecule has 88 valence electrons. The second-order valence-corrected chi connectivity index (χ2v) is 4.46. The molecule has 0 rings (SSSR count). The standard InChI is InChI=1S/C7H13NO6S/c9-6(8-4-3-7(10)11)2-1-5-15(12,13)14/h1-5H2,(H,8,9)(H,10,11)(H,12,13,14). The molecule has 0 aliphatic rings. The third-order valence-electron chi connectivity index (χ3n) is 1.47. The Labute approximate surface area is 87.2 Å². The quantitative estimate of drug-likeness (QED) is 0.502. The molecule has 0 unspecified atom stereocenters. The predicted molar refractivity (Wildman–Crippen MR) is 50.9 cm³/mol. The topological polar surface area (TPSA) is 121 Å². The summed E-state index contributed by atoms with van der Waals surface area (Å²) >= 11 is 0. The predicted octanol–water partition coefficient (Wildman–Crippen LogP) is -0.755. The molecule has 0 saturated carbocycles. The van der Waals surface area contributed by atoms with Gasteiger partial charge in [0.05, 0.1) is 12.2 Å². The fourth-order valence-corrected chi connectivity index (χ4v) is 1.32. The number of carbonyl (C=O) groups excluding carboxylic acids is 1. The van der Waals surface area contributed by atoms with Crippen molar-refractivity contribution >= 4 is 22.0 Å². The summed E-state index contributed by atoms with van der Waals surface area (Å²) < 4.78 is 28.9. The summed E-state index contributed by atoms with van der Waals surface area (Å²) in [6, 6.07) is 0. The van der Waals surface area contributed by atoms with Crippen LogP contribution in [0.25, 0.3) is 0 Å². The zero-order chi connectivity index (χ0) is 11.9. The lowest BCUT2D eigenvalue weighted by molar-refractivity contribution is -0.136. The van der Waals surface area contributed by atoms with Crippen LogP contribution in [0.4, 0.5) is 0 Å². The molecule has 7 nitrogen and oxygen atoms in total. The van der Waals surface area contributed by atoms with Crippen LogP contribution in [-0.4, -0.2) is 42.3 Å². The van der Waals surface area contributed by atoms with Gasteiger partial charge in [-0.15, -0.1) is 0 Å². The summed E-state index contributed by atoms with van der Waals surface area (Å²) in [7, 11) is -4.03. The molecule has 0 aromatic heterocycles. The normalized spacial score (nSPS) is 11.0. The SMILES string of the molecule is O=C(O)CCNC(=O)CCCS(=O)(=O)O. The summed E-state index contributed by atoms with van der Waals surface area (Å²) in [5.74, 6) is -1.92. The second-order valence-electron chi connectivity index (χ2n) is 2.88. The average molecular weight is 239 g/mol. The van der Waals surface area contributed by atoms with Gasteiger partial charge in [-0.3, -0.25) is 14.1 Å². The van der Waals surface area contributed by atoms with E-state index in [9.17, 15) is 18.0 Å². The highest BCUT2D eigenvalue weighted by Gasteiger charge is 2.07. The molecule has 3 N–H and O–H groups in total. The largest absolute Gasteiger partial charge is 0.481 e. The number of carboxylic acid groups (broad SMARTS) is 1. The molecule has 0 bridgehead atoms. The van der Waals surface area contributed by atoms with Crippen LogP contribution in [0.3, 0.4) is 0 Å². The highest BCUT2D eigenvalue weighted by molar-refractivity contribution is 7.85. The molecule has 0 aromatic rings. The van der Waals surface area contributed by atoms with Gasteiger partial charge in [0.1, 0.15) is 0 Å². The van der Waals surface area contributed by atoms with E-state index in [0.29, 0.717) is 0 Å². The van der Waals surface area contributed by atoms with E-state index in [1.807, 2.05) is 0 Å². The van der Waals surface area contributed by atoms with E-state index in [2.05, 4.69) is 5.32 Å². The summed E-state index contributed by atoms with van der Waals surface area (Å²) in [6.45, 7) is 0.0139. The minimum Gasteiger partial charge on any atom is -0.481 e. The van der Waals surface area contributed by atoms with Crippen molar-refractivity contribution in [2.24, 2.45) is 0 Å². The third kappa shape index (κ3) is 10.8. The van der Waals surface area contributed by atoms with Crippen LogP contribution in [0.1, 0.15) is 19.3 Å². The maximum atomic E-state index is 10.9. The van der Waals surface area contributed by atoms with Crippen molar-refractivity contribution in [3.8, 4) is 0 Å². The van der Waals surface area contributed by atoms with Crippen LogP contribution in [-0.2, 0) is 19.7 Å². The molecule has 8 heteroatoms. The van der Waals surface area contributed by atoms with Crippen molar-refractivity contribution in [3.63, 3.8) is 0 Å². The number of hydrogen-bond acceptors (Lipinski definition) is 4. The Morgan fingerprint density at radius 1 is 1.20 bits per heavy atom. The summed E-state index contributed by atoms with van der Waals surface area (Å²) in [5.41, 5.74) is 0. The molecular formula is C7H13NO6S. The van der Waals surface area contributed by atoms with E-state index in [4.69, 9.17) is 9.66 Å². The van der Waals surface area contributed by atoms with Crippen molar-refractivity contribution < 1.29 is 27.7 Å². The molecule has 0 spiro atoms. The van der Waals surface area contributed by atoms with Gasteiger partial charge >= 0.3 is 5.97 Å². The highest BCUT2D eigenvalue weighted by Crippen LogP contribution is 1.93. The molecule has 0 aliphatic heterocycles. The molecule has 0 aliphatic carbocycles. The number of aliphatic carboxylic acids is 1. The zero-order valence-corrected chi connectivity index (χ0v) is 8.79. The van der Waals surface area contributed by atoms with E-state index in [1.54, 1.807) is 0 Å². The number of carbonyl (C=O) groups is 2. The molecule has 15 heavy (non-hydrogen) atoms. The fourth-order valence-electron chi connectivity index (χ4n) is 0.812. The molecule has 0 radical (unpaired) electrons. The van der Waals surface area contributed by atoms with Gasteiger partial charge < -0.3 is 10.4 Å². The van der Waals surface area contributed by atoms with E-state index >= 15 is 0 Å². The van der Waals surface area contributed by atoms with Gasteiger partial charge in [0.25, 0.3) is 10.1 Å². The van der Waals surface area contributed by atoms with Crippen molar-refractivity contribution in [1.82, 2.24) is 5.32 Å². The molecule has 0 aromatic carbocycles. The summed E-state index contributed by atoms with van der Waals surface area (Å²) in [5, 5.41) is 10.5. The first-order valence-electron chi connectivity index (χ1n) is 4.25. The molecule has 1 amide bonds. The zero-order valence-electron chi connectivity index (χ0n) is 7.97. The maximum Gasteiger partial charge on any atom is 0.305 e. The van der Waals surface area contributed by atoms with Crippen molar-refractivity contribution in [2.75, 3.05) is 12.3 Å². The average Bonchev–Trinajstić information content (AvgIpc) is 2.00. The monoisotopic (exact) mass is 239 g/mol. The van der Waals surface area contributed by atoms with Gasteiger partial charge in [0.2, 0.25) is 5.91 Å². The summed E-state index contributed by atoms with van der Waals surface area (Å²) in [6.07, 6.45) is -0.221. The minimum atomic E-state index is -4.03. The van der Waals surface area contributed by atoms with Gasteiger partial charge in [-0.1, -0.05) is 0 Å². The Balaban J connectivity index is 3.54. The first-order valence-corrected chi connectivity index (χ1v) is 5.86. The first-order chi connectivity index (χ1) is 6.81. The Hall–Kier alpha value is -1.15.